The first-order chi connectivity index (χ1) is 15.6. The molecule has 2 aromatic carbocycles. The van der Waals surface area contributed by atoms with Crippen molar-refractivity contribution in [2.24, 2.45) is 0 Å². The molecule has 5 rings (SSSR count). The molecule has 3 heterocycles. The minimum Gasteiger partial charge on any atom is -0.493 e. The van der Waals surface area contributed by atoms with Gasteiger partial charge in [-0.1, -0.05) is 24.3 Å². The van der Waals surface area contributed by atoms with Crippen molar-refractivity contribution in [2.45, 2.75) is 44.2 Å². The van der Waals surface area contributed by atoms with E-state index in [1.807, 2.05) is 41.3 Å². The van der Waals surface area contributed by atoms with Crippen LogP contribution in [0.3, 0.4) is 0 Å². The molecule has 2 saturated heterocycles. The SMILES string of the molecule is COc1cccc2cc(C(=O)N3CCCC4(CCCN4Cc4ccc(F)cc4)CC3)oc12. The standard InChI is InChI=1S/C26H29FN2O3/c1-31-22-6-2-5-20-17-23(32-24(20)22)25(30)28-14-3-11-26(13-16-28)12-4-15-29(26)18-19-7-9-21(27)10-8-19/h2,5-10,17H,3-4,11-16,18H2,1H3. The van der Waals surface area contributed by atoms with E-state index in [0.717, 1.165) is 56.3 Å². The van der Waals surface area contributed by atoms with Gasteiger partial charge in [0.1, 0.15) is 5.82 Å². The molecular formula is C26H29FN2O3. The van der Waals surface area contributed by atoms with E-state index < -0.39 is 0 Å². The van der Waals surface area contributed by atoms with E-state index in [4.69, 9.17) is 9.15 Å². The minimum absolute atomic E-state index is 0.0524. The number of furan rings is 1. The van der Waals surface area contributed by atoms with Gasteiger partial charge in [0.25, 0.3) is 5.91 Å². The lowest BCUT2D eigenvalue weighted by Gasteiger charge is -2.38. The molecule has 1 atom stereocenters. The molecule has 2 aliphatic rings. The summed E-state index contributed by atoms with van der Waals surface area (Å²) < 4.78 is 24.6. The molecule has 1 unspecified atom stereocenters. The van der Waals surface area contributed by atoms with Crippen LogP contribution < -0.4 is 4.74 Å². The van der Waals surface area contributed by atoms with E-state index in [-0.39, 0.29) is 17.3 Å². The van der Waals surface area contributed by atoms with E-state index in [1.165, 1.54) is 18.6 Å². The highest BCUT2D eigenvalue weighted by Gasteiger charge is 2.42. The molecule has 2 fully saturated rings. The van der Waals surface area contributed by atoms with Crippen LogP contribution in [0.15, 0.2) is 52.9 Å². The Morgan fingerprint density at radius 3 is 2.62 bits per heavy atom. The van der Waals surface area contributed by atoms with Gasteiger partial charge in [0, 0.05) is 30.6 Å². The summed E-state index contributed by atoms with van der Waals surface area (Å²) in [5.74, 6) is 0.758. The maximum absolute atomic E-state index is 13.3. The summed E-state index contributed by atoms with van der Waals surface area (Å²) in [5.41, 5.74) is 1.87. The number of amides is 1. The van der Waals surface area contributed by atoms with E-state index >= 15 is 0 Å². The molecule has 0 bridgehead atoms. The number of rotatable bonds is 4. The van der Waals surface area contributed by atoms with E-state index in [0.29, 0.717) is 23.6 Å². The van der Waals surface area contributed by atoms with Gasteiger partial charge in [-0.25, -0.2) is 4.39 Å². The molecule has 0 saturated carbocycles. The number of ether oxygens (including phenoxy) is 1. The zero-order valence-corrected chi connectivity index (χ0v) is 18.5. The monoisotopic (exact) mass is 436 g/mol. The molecule has 5 nitrogen and oxygen atoms in total. The summed E-state index contributed by atoms with van der Waals surface area (Å²) >= 11 is 0. The Kier molecular flexibility index (Phi) is 5.64. The van der Waals surface area contributed by atoms with E-state index in [2.05, 4.69) is 4.90 Å². The number of halogens is 1. The van der Waals surface area contributed by atoms with E-state index in [9.17, 15) is 9.18 Å². The highest BCUT2D eigenvalue weighted by atomic mass is 19.1. The molecule has 1 amide bonds. The van der Waals surface area contributed by atoms with Crippen molar-refractivity contribution in [2.75, 3.05) is 26.7 Å². The number of benzene rings is 2. The Bertz CT molecular complexity index is 1110. The Morgan fingerprint density at radius 2 is 1.84 bits per heavy atom. The molecule has 1 aromatic heterocycles. The van der Waals surface area contributed by atoms with Crippen molar-refractivity contribution in [3.05, 3.63) is 65.7 Å². The van der Waals surface area contributed by atoms with Crippen LogP contribution in [0.4, 0.5) is 4.39 Å². The zero-order chi connectivity index (χ0) is 22.1. The van der Waals surface area contributed by atoms with Crippen LogP contribution in [0.25, 0.3) is 11.0 Å². The summed E-state index contributed by atoms with van der Waals surface area (Å²) in [6.45, 7) is 3.33. The smallest absolute Gasteiger partial charge is 0.289 e. The predicted molar refractivity (Wildman–Crippen MR) is 121 cm³/mol. The van der Waals surface area contributed by atoms with Gasteiger partial charge < -0.3 is 14.1 Å². The molecule has 32 heavy (non-hydrogen) atoms. The highest BCUT2D eigenvalue weighted by molar-refractivity contribution is 5.97. The molecule has 0 radical (unpaired) electrons. The van der Waals surface area contributed by atoms with Crippen molar-refractivity contribution in [1.29, 1.82) is 0 Å². The minimum atomic E-state index is -0.197. The number of carbonyl (C=O) groups is 1. The van der Waals surface area contributed by atoms with Gasteiger partial charge in [-0.05, 0) is 68.5 Å². The Balaban J connectivity index is 1.31. The van der Waals surface area contributed by atoms with Crippen LogP contribution in [0.5, 0.6) is 5.75 Å². The third kappa shape index (κ3) is 3.88. The van der Waals surface area contributed by atoms with Crippen LogP contribution in [0.2, 0.25) is 0 Å². The van der Waals surface area contributed by atoms with Crippen LogP contribution in [-0.2, 0) is 6.54 Å². The third-order valence-electron chi connectivity index (χ3n) is 7.17. The maximum atomic E-state index is 13.3. The Labute approximate surface area is 187 Å². The Morgan fingerprint density at radius 1 is 1.06 bits per heavy atom. The van der Waals surface area contributed by atoms with Gasteiger partial charge in [0.05, 0.1) is 7.11 Å². The van der Waals surface area contributed by atoms with E-state index in [1.54, 1.807) is 7.11 Å². The molecule has 168 valence electrons. The van der Waals surface area contributed by atoms with Gasteiger partial charge in [-0.3, -0.25) is 9.69 Å². The molecule has 6 heteroatoms. The average Bonchev–Trinajstić information content (AvgIpc) is 3.34. The highest BCUT2D eigenvalue weighted by Crippen LogP contribution is 2.40. The van der Waals surface area contributed by atoms with Crippen molar-refractivity contribution in [1.82, 2.24) is 9.80 Å². The predicted octanol–water partition coefficient (Wildman–Crippen LogP) is 5.24. The van der Waals surface area contributed by atoms with Crippen molar-refractivity contribution < 1.29 is 18.3 Å². The first-order valence-corrected chi connectivity index (χ1v) is 11.4. The second-order valence-corrected chi connectivity index (χ2v) is 9.01. The number of likely N-dealkylation sites (tertiary alicyclic amines) is 2. The maximum Gasteiger partial charge on any atom is 0.289 e. The van der Waals surface area contributed by atoms with Crippen LogP contribution >= 0.6 is 0 Å². The quantitative estimate of drug-likeness (QED) is 0.561. The van der Waals surface area contributed by atoms with Crippen molar-refractivity contribution in [3.8, 4) is 5.75 Å². The molecule has 0 N–H and O–H groups in total. The summed E-state index contributed by atoms with van der Waals surface area (Å²) in [7, 11) is 1.60. The molecule has 3 aromatic rings. The second-order valence-electron chi connectivity index (χ2n) is 9.01. The van der Waals surface area contributed by atoms with Crippen molar-refractivity contribution in [3.63, 3.8) is 0 Å². The molecule has 0 aliphatic carbocycles. The summed E-state index contributed by atoms with van der Waals surface area (Å²) in [6.07, 6.45) is 5.31. The topological polar surface area (TPSA) is 45.9 Å². The number of hydrogen-bond donors (Lipinski definition) is 0. The van der Waals surface area contributed by atoms with Gasteiger partial charge in [-0.15, -0.1) is 0 Å². The molecule has 2 aliphatic heterocycles. The van der Waals surface area contributed by atoms with Crippen LogP contribution in [0, 0.1) is 5.82 Å². The van der Waals surface area contributed by atoms with Crippen LogP contribution in [-0.4, -0.2) is 48.0 Å². The Hall–Kier alpha value is -2.86. The second kappa shape index (κ2) is 8.58. The normalized spacial score (nSPS) is 21.9. The zero-order valence-electron chi connectivity index (χ0n) is 18.5. The van der Waals surface area contributed by atoms with Crippen LogP contribution in [0.1, 0.15) is 48.2 Å². The van der Waals surface area contributed by atoms with Gasteiger partial charge in [-0.2, -0.15) is 0 Å². The summed E-state index contributed by atoms with van der Waals surface area (Å²) in [4.78, 5) is 17.8. The van der Waals surface area contributed by atoms with Gasteiger partial charge in [0.2, 0.25) is 0 Å². The fraction of sp³-hybridized carbons (Fsp3) is 0.423. The van der Waals surface area contributed by atoms with Gasteiger partial charge in [0.15, 0.2) is 17.1 Å². The third-order valence-corrected chi connectivity index (χ3v) is 7.17. The lowest BCUT2D eigenvalue weighted by Crippen LogP contribution is -2.44. The fourth-order valence-electron chi connectivity index (χ4n) is 5.46. The first-order valence-electron chi connectivity index (χ1n) is 11.4. The molecule has 1 spiro atoms. The fourth-order valence-corrected chi connectivity index (χ4v) is 5.46. The number of carbonyl (C=O) groups excluding carboxylic acids is 1. The lowest BCUT2D eigenvalue weighted by atomic mass is 9.87. The number of hydrogen-bond acceptors (Lipinski definition) is 4. The lowest BCUT2D eigenvalue weighted by molar-refractivity contribution is 0.0709. The summed E-state index contributed by atoms with van der Waals surface area (Å²) in [6, 6.07) is 14.3. The van der Waals surface area contributed by atoms with Gasteiger partial charge >= 0.3 is 0 Å². The number of para-hydroxylation sites is 1. The summed E-state index contributed by atoms with van der Waals surface area (Å²) in [5, 5.41) is 0.875. The molecular weight excluding hydrogens is 407 g/mol. The largest absolute Gasteiger partial charge is 0.493 e. The number of methoxy groups -OCH3 is 1. The number of nitrogens with zero attached hydrogens (tertiary/aromatic N) is 2. The van der Waals surface area contributed by atoms with Crippen molar-refractivity contribution >= 4 is 16.9 Å². The number of fused-ring (bicyclic) bond motifs is 1. The average molecular weight is 437 g/mol. The first kappa shape index (κ1) is 21.0.